The zero-order chi connectivity index (χ0) is 13.0. The van der Waals surface area contributed by atoms with Crippen molar-refractivity contribution in [2.24, 2.45) is 5.73 Å². The van der Waals surface area contributed by atoms with Crippen molar-refractivity contribution in [2.75, 3.05) is 4.90 Å². The van der Waals surface area contributed by atoms with Crippen LogP contribution in [0.3, 0.4) is 0 Å². The molecule has 0 aliphatic heterocycles. The van der Waals surface area contributed by atoms with Gasteiger partial charge in [-0.3, -0.25) is 9.59 Å². The van der Waals surface area contributed by atoms with Gasteiger partial charge in [0.05, 0.1) is 0 Å². The number of anilines is 2. The number of pyridine rings is 2. The lowest BCUT2D eigenvalue weighted by Gasteiger charge is -2.18. The first kappa shape index (κ1) is 11.7. The highest BCUT2D eigenvalue weighted by molar-refractivity contribution is 6.41. The quantitative estimate of drug-likeness (QED) is 0.782. The molecule has 0 aromatic carbocycles. The summed E-state index contributed by atoms with van der Waals surface area (Å²) in [6.07, 6.45) is 3.03. The second-order valence-electron chi connectivity index (χ2n) is 3.38. The second kappa shape index (κ2) is 5.05. The normalized spacial score (nSPS) is 9.78. The van der Waals surface area contributed by atoms with Gasteiger partial charge in [0.15, 0.2) is 0 Å². The van der Waals surface area contributed by atoms with Crippen molar-refractivity contribution < 1.29 is 9.59 Å². The van der Waals surface area contributed by atoms with Crippen LogP contribution in [0.1, 0.15) is 0 Å². The van der Waals surface area contributed by atoms with E-state index in [1.54, 1.807) is 36.4 Å². The highest BCUT2D eigenvalue weighted by atomic mass is 16.2. The van der Waals surface area contributed by atoms with Crippen LogP contribution < -0.4 is 10.6 Å². The van der Waals surface area contributed by atoms with Gasteiger partial charge in [-0.15, -0.1) is 0 Å². The van der Waals surface area contributed by atoms with Gasteiger partial charge in [0.2, 0.25) is 0 Å². The predicted octanol–water partition coefficient (Wildman–Crippen LogP) is 0.627. The molecule has 6 nitrogen and oxygen atoms in total. The minimum absolute atomic E-state index is 0.292. The molecule has 2 amide bonds. The number of amides is 2. The van der Waals surface area contributed by atoms with Gasteiger partial charge >= 0.3 is 11.8 Å². The van der Waals surface area contributed by atoms with E-state index in [-0.39, 0.29) is 0 Å². The third-order valence-electron chi connectivity index (χ3n) is 2.17. The molecule has 0 bridgehead atoms. The number of nitrogens with zero attached hydrogens (tertiary/aromatic N) is 3. The monoisotopic (exact) mass is 242 g/mol. The van der Waals surface area contributed by atoms with Crippen LogP contribution in [0.25, 0.3) is 0 Å². The Labute approximate surface area is 103 Å². The second-order valence-corrected chi connectivity index (χ2v) is 3.38. The summed E-state index contributed by atoms with van der Waals surface area (Å²) in [5, 5.41) is 0. The van der Waals surface area contributed by atoms with Crippen LogP contribution in [0.5, 0.6) is 0 Å². The van der Waals surface area contributed by atoms with E-state index in [9.17, 15) is 9.59 Å². The smallest absolute Gasteiger partial charge is 0.323 e. The summed E-state index contributed by atoms with van der Waals surface area (Å²) in [6, 6.07) is 9.99. The molecule has 0 aliphatic carbocycles. The number of carbonyl (C=O) groups is 2. The van der Waals surface area contributed by atoms with Crippen molar-refractivity contribution in [2.45, 2.75) is 0 Å². The summed E-state index contributed by atoms with van der Waals surface area (Å²) >= 11 is 0. The Bertz CT molecular complexity index is 517. The molecular weight excluding hydrogens is 232 g/mol. The summed E-state index contributed by atoms with van der Waals surface area (Å²) in [5.74, 6) is -1.36. The van der Waals surface area contributed by atoms with Gasteiger partial charge in [0, 0.05) is 12.4 Å². The fraction of sp³-hybridized carbons (Fsp3) is 0. The molecule has 2 N–H and O–H groups in total. The number of nitrogens with two attached hydrogens (primary N) is 1. The van der Waals surface area contributed by atoms with E-state index in [1.165, 1.54) is 12.4 Å². The lowest BCUT2D eigenvalue weighted by Crippen LogP contribution is -2.38. The van der Waals surface area contributed by atoms with Gasteiger partial charge in [-0.1, -0.05) is 12.1 Å². The van der Waals surface area contributed by atoms with Crippen LogP contribution in [-0.2, 0) is 9.59 Å². The van der Waals surface area contributed by atoms with E-state index < -0.39 is 11.8 Å². The highest BCUT2D eigenvalue weighted by Gasteiger charge is 2.24. The maximum absolute atomic E-state index is 11.8. The third kappa shape index (κ3) is 2.32. The number of hydrogen-bond donors (Lipinski definition) is 1. The van der Waals surface area contributed by atoms with Gasteiger partial charge < -0.3 is 5.73 Å². The van der Waals surface area contributed by atoms with Gasteiger partial charge in [0.1, 0.15) is 11.6 Å². The molecule has 2 rings (SSSR count). The maximum atomic E-state index is 11.8. The van der Waals surface area contributed by atoms with Crippen molar-refractivity contribution in [1.29, 1.82) is 0 Å². The molecule has 0 atom stereocenters. The maximum Gasteiger partial charge on any atom is 0.323 e. The average Bonchev–Trinajstić information content (AvgIpc) is 2.41. The lowest BCUT2D eigenvalue weighted by molar-refractivity contribution is -0.135. The third-order valence-corrected chi connectivity index (χ3v) is 2.17. The number of carbonyl (C=O) groups excluding carboxylic acids is 2. The molecule has 2 aromatic heterocycles. The molecule has 0 spiro atoms. The Morgan fingerprint density at radius 3 is 1.78 bits per heavy atom. The van der Waals surface area contributed by atoms with Gasteiger partial charge in [-0.25, -0.2) is 14.9 Å². The Hall–Kier alpha value is -2.76. The molecule has 6 heteroatoms. The predicted molar refractivity (Wildman–Crippen MR) is 64.8 cm³/mol. The molecule has 0 unspecified atom stereocenters. The summed E-state index contributed by atoms with van der Waals surface area (Å²) in [4.78, 5) is 32.0. The van der Waals surface area contributed by atoms with E-state index in [0.717, 1.165) is 4.90 Å². The van der Waals surface area contributed by atoms with Crippen LogP contribution in [-0.4, -0.2) is 21.8 Å². The number of rotatable bonds is 2. The van der Waals surface area contributed by atoms with Crippen molar-refractivity contribution in [3.05, 3.63) is 48.8 Å². The van der Waals surface area contributed by atoms with Crippen molar-refractivity contribution in [3.8, 4) is 0 Å². The van der Waals surface area contributed by atoms with Crippen molar-refractivity contribution in [3.63, 3.8) is 0 Å². The van der Waals surface area contributed by atoms with E-state index in [2.05, 4.69) is 9.97 Å². The summed E-state index contributed by atoms with van der Waals surface area (Å²) in [7, 11) is 0. The van der Waals surface area contributed by atoms with Crippen LogP contribution >= 0.6 is 0 Å². The molecular formula is C12H10N4O2. The first-order valence-electron chi connectivity index (χ1n) is 5.16. The molecule has 90 valence electrons. The zero-order valence-corrected chi connectivity index (χ0v) is 9.35. The Morgan fingerprint density at radius 1 is 0.944 bits per heavy atom. The van der Waals surface area contributed by atoms with Crippen LogP contribution in [0.15, 0.2) is 48.8 Å². The number of primary amides is 1. The molecule has 0 fully saturated rings. The fourth-order valence-corrected chi connectivity index (χ4v) is 1.41. The molecule has 0 saturated carbocycles. The lowest BCUT2D eigenvalue weighted by atomic mass is 10.3. The van der Waals surface area contributed by atoms with Crippen molar-refractivity contribution in [1.82, 2.24) is 9.97 Å². The van der Waals surface area contributed by atoms with E-state index in [4.69, 9.17) is 5.73 Å². The van der Waals surface area contributed by atoms with Crippen LogP contribution in [0, 0.1) is 0 Å². The Balaban J connectivity index is 2.48. The standard InChI is InChI=1S/C12H10N4O2/c13-11(17)12(18)16(9-5-1-3-7-14-9)10-6-2-4-8-15-10/h1-8H,(H2,13,17). The minimum atomic E-state index is -1.06. The molecule has 2 heterocycles. The largest absolute Gasteiger partial charge is 0.361 e. The SMILES string of the molecule is NC(=O)C(=O)N(c1ccccn1)c1ccccn1. The molecule has 0 aliphatic rings. The zero-order valence-electron chi connectivity index (χ0n) is 9.35. The van der Waals surface area contributed by atoms with Gasteiger partial charge in [-0.2, -0.15) is 0 Å². The fourth-order valence-electron chi connectivity index (χ4n) is 1.41. The van der Waals surface area contributed by atoms with E-state index >= 15 is 0 Å². The number of aromatic nitrogens is 2. The first-order valence-corrected chi connectivity index (χ1v) is 5.16. The van der Waals surface area contributed by atoms with E-state index in [1.807, 2.05) is 0 Å². The average molecular weight is 242 g/mol. The summed E-state index contributed by atoms with van der Waals surface area (Å²) in [6.45, 7) is 0. The molecule has 0 radical (unpaired) electrons. The van der Waals surface area contributed by atoms with E-state index in [0.29, 0.717) is 11.6 Å². The number of hydrogen-bond acceptors (Lipinski definition) is 4. The molecule has 18 heavy (non-hydrogen) atoms. The summed E-state index contributed by atoms with van der Waals surface area (Å²) in [5.41, 5.74) is 5.03. The molecule has 0 saturated heterocycles. The van der Waals surface area contributed by atoms with Crippen LogP contribution in [0.2, 0.25) is 0 Å². The first-order chi connectivity index (χ1) is 8.70. The van der Waals surface area contributed by atoms with Gasteiger partial charge in [-0.05, 0) is 24.3 Å². The van der Waals surface area contributed by atoms with Gasteiger partial charge in [0.25, 0.3) is 0 Å². The Morgan fingerprint density at radius 2 is 1.44 bits per heavy atom. The van der Waals surface area contributed by atoms with Crippen molar-refractivity contribution >= 4 is 23.5 Å². The van der Waals surface area contributed by atoms with Crippen LogP contribution in [0.4, 0.5) is 11.6 Å². The topological polar surface area (TPSA) is 89.2 Å². The molecule has 2 aromatic rings. The Kier molecular flexibility index (Phi) is 3.29. The summed E-state index contributed by atoms with van der Waals surface area (Å²) < 4.78 is 0. The minimum Gasteiger partial charge on any atom is -0.361 e. The highest BCUT2D eigenvalue weighted by Crippen LogP contribution is 2.20.